The summed E-state index contributed by atoms with van der Waals surface area (Å²) >= 11 is 0. The van der Waals surface area contributed by atoms with Gasteiger partial charge in [0.2, 0.25) is 0 Å². The zero-order valence-electron chi connectivity index (χ0n) is 13.8. The SMILES string of the molecule is COCCN(Cc1ccccc1)C(=O)NCc1cccc(C)c1. The molecule has 1 N–H and O–H groups in total. The van der Waals surface area contributed by atoms with Crippen molar-refractivity contribution in [3.8, 4) is 0 Å². The molecule has 0 aromatic heterocycles. The number of amides is 2. The number of methoxy groups -OCH3 is 1. The van der Waals surface area contributed by atoms with E-state index in [0.717, 1.165) is 11.1 Å². The lowest BCUT2D eigenvalue weighted by Crippen LogP contribution is -2.40. The van der Waals surface area contributed by atoms with Crippen molar-refractivity contribution in [3.63, 3.8) is 0 Å². The van der Waals surface area contributed by atoms with E-state index in [1.165, 1.54) is 5.56 Å². The topological polar surface area (TPSA) is 41.6 Å². The van der Waals surface area contributed by atoms with Crippen LogP contribution in [0.2, 0.25) is 0 Å². The lowest BCUT2D eigenvalue weighted by Gasteiger charge is -2.23. The molecule has 0 saturated carbocycles. The van der Waals surface area contributed by atoms with Crippen molar-refractivity contribution < 1.29 is 9.53 Å². The predicted octanol–water partition coefficient (Wildman–Crippen LogP) is 3.35. The Morgan fingerprint density at radius 2 is 1.83 bits per heavy atom. The molecular formula is C19H24N2O2. The predicted molar refractivity (Wildman–Crippen MR) is 92.1 cm³/mol. The summed E-state index contributed by atoms with van der Waals surface area (Å²) in [6.45, 7) is 4.23. The van der Waals surface area contributed by atoms with Gasteiger partial charge in [-0.2, -0.15) is 0 Å². The number of ether oxygens (including phenoxy) is 1. The Bertz CT molecular complexity index is 614. The Morgan fingerprint density at radius 1 is 1.09 bits per heavy atom. The number of hydrogen-bond acceptors (Lipinski definition) is 2. The number of urea groups is 1. The summed E-state index contributed by atoms with van der Waals surface area (Å²) in [6.07, 6.45) is 0. The van der Waals surface area contributed by atoms with Crippen LogP contribution < -0.4 is 5.32 Å². The van der Waals surface area contributed by atoms with Crippen LogP contribution in [0.5, 0.6) is 0 Å². The third kappa shape index (κ3) is 5.75. The maximum atomic E-state index is 12.5. The van der Waals surface area contributed by atoms with Gasteiger partial charge in [0.25, 0.3) is 0 Å². The van der Waals surface area contributed by atoms with Gasteiger partial charge in [-0.1, -0.05) is 60.2 Å². The van der Waals surface area contributed by atoms with E-state index < -0.39 is 0 Å². The quantitative estimate of drug-likeness (QED) is 0.852. The molecule has 2 amide bonds. The van der Waals surface area contributed by atoms with Crippen LogP contribution in [-0.4, -0.2) is 31.2 Å². The van der Waals surface area contributed by atoms with Gasteiger partial charge in [0.15, 0.2) is 0 Å². The van der Waals surface area contributed by atoms with E-state index in [-0.39, 0.29) is 6.03 Å². The van der Waals surface area contributed by atoms with Crippen LogP contribution in [0.25, 0.3) is 0 Å². The number of aryl methyl sites for hydroxylation is 1. The molecule has 0 bridgehead atoms. The molecule has 0 radical (unpaired) electrons. The molecule has 4 heteroatoms. The van der Waals surface area contributed by atoms with Gasteiger partial charge in [0, 0.05) is 26.7 Å². The van der Waals surface area contributed by atoms with Gasteiger partial charge in [-0.25, -0.2) is 4.79 Å². The molecular weight excluding hydrogens is 288 g/mol. The lowest BCUT2D eigenvalue weighted by molar-refractivity contribution is 0.146. The second-order valence-electron chi connectivity index (χ2n) is 5.55. The van der Waals surface area contributed by atoms with Gasteiger partial charge >= 0.3 is 6.03 Å². The Kier molecular flexibility index (Phi) is 6.63. The molecule has 0 aliphatic carbocycles. The van der Waals surface area contributed by atoms with Crippen molar-refractivity contribution in [2.45, 2.75) is 20.0 Å². The van der Waals surface area contributed by atoms with Gasteiger partial charge < -0.3 is 15.0 Å². The molecule has 2 rings (SSSR count). The van der Waals surface area contributed by atoms with Crippen molar-refractivity contribution in [1.29, 1.82) is 0 Å². The first-order valence-corrected chi connectivity index (χ1v) is 7.80. The number of carbonyl (C=O) groups excluding carboxylic acids is 1. The van der Waals surface area contributed by atoms with Gasteiger partial charge in [-0.05, 0) is 18.1 Å². The number of nitrogens with one attached hydrogen (secondary N) is 1. The Hall–Kier alpha value is -2.33. The molecule has 0 spiro atoms. The van der Waals surface area contributed by atoms with Crippen molar-refractivity contribution in [2.24, 2.45) is 0 Å². The summed E-state index contributed by atoms with van der Waals surface area (Å²) in [5.74, 6) is 0. The summed E-state index contributed by atoms with van der Waals surface area (Å²) in [5.41, 5.74) is 3.40. The van der Waals surface area contributed by atoms with E-state index in [1.807, 2.05) is 55.5 Å². The number of benzene rings is 2. The van der Waals surface area contributed by atoms with Crippen LogP contribution >= 0.6 is 0 Å². The van der Waals surface area contributed by atoms with Crippen LogP contribution in [0, 0.1) is 6.92 Å². The molecule has 0 unspecified atom stereocenters. The van der Waals surface area contributed by atoms with Crippen molar-refractivity contribution in [2.75, 3.05) is 20.3 Å². The fourth-order valence-electron chi connectivity index (χ4n) is 2.37. The van der Waals surface area contributed by atoms with Gasteiger partial charge in [-0.3, -0.25) is 0 Å². The first kappa shape index (κ1) is 17.0. The number of hydrogen-bond donors (Lipinski definition) is 1. The molecule has 2 aromatic carbocycles. The van der Waals surface area contributed by atoms with Crippen LogP contribution in [-0.2, 0) is 17.8 Å². The Morgan fingerprint density at radius 3 is 2.52 bits per heavy atom. The highest BCUT2D eigenvalue weighted by molar-refractivity contribution is 5.74. The summed E-state index contributed by atoms with van der Waals surface area (Å²) in [5, 5.41) is 2.99. The van der Waals surface area contributed by atoms with Gasteiger partial charge in [0.05, 0.1) is 6.61 Å². The first-order valence-electron chi connectivity index (χ1n) is 7.80. The Balaban J connectivity index is 1.95. The highest BCUT2D eigenvalue weighted by atomic mass is 16.5. The molecule has 0 aliphatic heterocycles. The summed E-state index contributed by atoms with van der Waals surface area (Å²) in [6, 6.07) is 18.0. The standard InChI is InChI=1S/C19H24N2O2/c1-16-7-6-10-18(13-16)14-20-19(22)21(11-12-23-2)15-17-8-4-3-5-9-17/h3-10,13H,11-12,14-15H2,1-2H3,(H,20,22). The smallest absolute Gasteiger partial charge is 0.318 e. The van der Waals surface area contributed by atoms with Gasteiger partial charge in [-0.15, -0.1) is 0 Å². The molecule has 4 nitrogen and oxygen atoms in total. The van der Waals surface area contributed by atoms with Crippen molar-refractivity contribution >= 4 is 6.03 Å². The second kappa shape index (κ2) is 8.96. The van der Waals surface area contributed by atoms with E-state index in [1.54, 1.807) is 12.0 Å². The minimum atomic E-state index is -0.0765. The third-order valence-corrected chi connectivity index (χ3v) is 3.60. The minimum absolute atomic E-state index is 0.0765. The lowest BCUT2D eigenvalue weighted by atomic mass is 10.1. The molecule has 0 atom stereocenters. The van der Waals surface area contributed by atoms with Crippen molar-refractivity contribution in [1.82, 2.24) is 10.2 Å². The minimum Gasteiger partial charge on any atom is -0.383 e. The van der Waals surface area contributed by atoms with Crippen molar-refractivity contribution in [3.05, 3.63) is 71.3 Å². The van der Waals surface area contributed by atoms with E-state index in [4.69, 9.17) is 4.74 Å². The highest BCUT2D eigenvalue weighted by Crippen LogP contribution is 2.06. The fourth-order valence-corrected chi connectivity index (χ4v) is 2.37. The normalized spacial score (nSPS) is 10.3. The zero-order valence-corrected chi connectivity index (χ0v) is 13.8. The Labute approximate surface area is 138 Å². The van der Waals surface area contributed by atoms with Crippen LogP contribution in [0.3, 0.4) is 0 Å². The fraction of sp³-hybridized carbons (Fsp3) is 0.316. The largest absolute Gasteiger partial charge is 0.383 e. The maximum absolute atomic E-state index is 12.5. The monoisotopic (exact) mass is 312 g/mol. The number of carbonyl (C=O) groups is 1. The molecule has 2 aromatic rings. The maximum Gasteiger partial charge on any atom is 0.318 e. The van der Waals surface area contributed by atoms with Gasteiger partial charge in [0.1, 0.15) is 0 Å². The molecule has 122 valence electrons. The summed E-state index contributed by atoms with van der Waals surface area (Å²) < 4.78 is 5.12. The highest BCUT2D eigenvalue weighted by Gasteiger charge is 2.13. The van der Waals surface area contributed by atoms with Crippen LogP contribution in [0.15, 0.2) is 54.6 Å². The average Bonchev–Trinajstić information content (AvgIpc) is 2.57. The summed E-state index contributed by atoms with van der Waals surface area (Å²) in [7, 11) is 1.64. The number of nitrogens with zero attached hydrogens (tertiary/aromatic N) is 1. The first-order chi connectivity index (χ1) is 11.2. The zero-order chi connectivity index (χ0) is 16.5. The molecule has 0 fully saturated rings. The van der Waals surface area contributed by atoms with E-state index in [9.17, 15) is 4.79 Å². The third-order valence-electron chi connectivity index (χ3n) is 3.60. The molecule has 0 heterocycles. The molecule has 0 aliphatic rings. The van der Waals surface area contributed by atoms with Crippen LogP contribution in [0.4, 0.5) is 4.79 Å². The molecule has 0 saturated heterocycles. The summed E-state index contributed by atoms with van der Waals surface area (Å²) in [4.78, 5) is 14.2. The van der Waals surface area contributed by atoms with E-state index in [0.29, 0.717) is 26.2 Å². The van der Waals surface area contributed by atoms with E-state index >= 15 is 0 Å². The van der Waals surface area contributed by atoms with Crippen LogP contribution in [0.1, 0.15) is 16.7 Å². The number of rotatable bonds is 7. The second-order valence-corrected chi connectivity index (χ2v) is 5.55. The molecule has 23 heavy (non-hydrogen) atoms. The average molecular weight is 312 g/mol. The van der Waals surface area contributed by atoms with E-state index in [2.05, 4.69) is 11.4 Å².